The quantitative estimate of drug-likeness (QED) is 0.677. The summed E-state index contributed by atoms with van der Waals surface area (Å²) in [5, 5.41) is 22.9. The molecule has 0 saturated carbocycles. The number of hydrogen-bond donors (Lipinski definition) is 2. The highest BCUT2D eigenvalue weighted by Gasteiger charge is 2.07. The van der Waals surface area contributed by atoms with E-state index in [1.54, 1.807) is 4.68 Å². The van der Waals surface area contributed by atoms with Gasteiger partial charge in [-0.2, -0.15) is 5.10 Å². The van der Waals surface area contributed by atoms with Crippen molar-refractivity contribution < 1.29 is 10.2 Å². The summed E-state index contributed by atoms with van der Waals surface area (Å²) in [6.45, 7) is 2.46. The van der Waals surface area contributed by atoms with Gasteiger partial charge in [0, 0.05) is 12.6 Å². The van der Waals surface area contributed by atoms with Crippen molar-refractivity contribution in [3.05, 3.63) is 28.6 Å². The van der Waals surface area contributed by atoms with Crippen molar-refractivity contribution in [2.24, 2.45) is 0 Å². The number of nitrogens with zero attached hydrogens (tertiary/aromatic N) is 2. The van der Waals surface area contributed by atoms with E-state index in [0.717, 1.165) is 0 Å². The van der Waals surface area contributed by atoms with E-state index >= 15 is 0 Å². The molecular weight excluding hydrogens is 196 g/mol. The van der Waals surface area contributed by atoms with E-state index in [0.29, 0.717) is 17.4 Å². The molecule has 0 spiro atoms. The fourth-order valence-corrected chi connectivity index (χ4v) is 1.48. The normalized spacial score (nSPS) is 10.7. The summed E-state index contributed by atoms with van der Waals surface area (Å²) >= 11 is 0. The summed E-state index contributed by atoms with van der Waals surface area (Å²) in [7, 11) is 0. The highest BCUT2D eigenvalue weighted by atomic mass is 16.3. The molecule has 0 radical (unpaired) electrons. The molecule has 15 heavy (non-hydrogen) atoms. The minimum Gasteiger partial charge on any atom is -0.504 e. The van der Waals surface area contributed by atoms with Gasteiger partial charge in [-0.3, -0.25) is 9.48 Å². The molecule has 0 bridgehead atoms. The van der Waals surface area contributed by atoms with Gasteiger partial charge in [-0.25, -0.2) is 0 Å². The third kappa shape index (κ3) is 1.41. The van der Waals surface area contributed by atoms with Gasteiger partial charge in [-0.15, -0.1) is 0 Å². The van der Waals surface area contributed by atoms with Crippen LogP contribution in [0.2, 0.25) is 0 Å². The van der Waals surface area contributed by atoms with E-state index in [1.165, 1.54) is 18.3 Å². The van der Waals surface area contributed by atoms with Crippen molar-refractivity contribution in [1.82, 2.24) is 9.78 Å². The Morgan fingerprint density at radius 3 is 2.67 bits per heavy atom. The Morgan fingerprint density at radius 1 is 1.33 bits per heavy atom. The molecule has 5 heteroatoms. The smallest absolute Gasteiger partial charge is 0.208 e. The van der Waals surface area contributed by atoms with Crippen molar-refractivity contribution in [2.75, 3.05) is 0 Å². The van der Waals surface area contributed by atoms with Crippen molar-refractivity contribution in [3.8, 4) is 11.5 Å². The number of aromatic nitrogens is 2. The van der Waals surface area contributed by atoms with Crippen molar-refractivity contribution in [3.63, 3.8) is 0 Å². The van der Waals surface area contributed by atoms with Crippen LogP contribution in [-0.2, 0) is 6.54 Å². The fourth-order valence-electron chi connectivity index (χ4n) is 1.48. The predicted octanol–water partition coefficient (Wildman–Crippen LogP) is 0.828. The van der Waals surface area contributed by atoms with Crippen LogP contribution in [0.1, 0.15) is 6.92 Å². The first-order chi connectivity index (χ1) is 7.13. The number of rotatable bonds is 1. The number of benzene rings is 1. The number of hydrogen-bond acceptors (Lipinski definition) is 4. The van der Waals surface area contributed by atoms with E-state index in [4.69, 9.17) is 0 Å². The second-order valence-electron chi connectivity index (χ2n) is 3.18. The van der Waals surface area contributed by atoms with Crippen LogP contribution >= 0.6 is 0 Å². The molecule has 5 nitrogen and oxygen atoms in total. The third-order valence-corrected chi connectivity index (χ3v) is 2.25. The minimum absolute atomic E-state index is 0.253. The molecule has 0 aliphatic carbocycles. The van der Waals surface area contributed by atoms with Crippen LogP contribution in [0.25, 0.3) is 10.9 Å². The van der Waals surface area contributed by atoms with Crippen LogP contribution in [0.15, 0.2) is 23.1 Å². The lowest BCUT2D eigenvalue weighted by molar-refractivity contribution is 0.404. The van der Waals surface area contributed by atoms with Crippen molar-refractivity contribution in [1.29, 1.82) is 0 Å². The lowest BCUT2D eigenvalue weighted by atomic mass is 10.2. The monoisotopic (exact) mass is 206 g/mol. The Bertz CT molecular complexity index is 575. The van der Waals surface area contributed by atoms with Gasteiger partial charge < -0.3 is 10.2 Å². The highest BCUT2D eigenvalue weighted by molar-refractivity contribution is 5.82. The Morgan fingerprint density at radius 2 is 2.00 bits per heavy atom. The molecule has 0 aliphatic heterocycles. The second-order valence-corrected chi connectivity index (χ2v) is 3.18. The standard InChI is InChI=1S/C10H10N2O3/c1-2-12-7-4-9(14)8(13)3-6(7)10(15)5-11-12/h3-5,13-14H,2H2,1H3. The van der Waals surface area contributed by atoms with E-state index < -0.39 is 0 Å². The molecule has 2 rings (SSSR count). The average molecular weight is 206 g/mol. The van der Waals surface area contributed by atoms with Crippen LogP contribution in [0, 0.1) is 0 Å². The zero-order chi connectivity index (χ0) is 11.0. The molecule has 1 aromatic heterocycles. The fraction of sp³-hybridized carbons (Fsp3) is 0.200. The largest absolute Gasteiger partial charge is 0.504 e. The Kier molecular flexibility index (Phi) is 2.07. The van der Waals surface area contributed by atoms with E-state index in [1.807, 2.05) is 6.92 Å². The number of phenols is 2. The van der Waals surface area contributed by atoms with Gasteiger partial charge in [0.15, 0.2) is 11.5 Å². The number of aromatic hydroxyl groups is 2. The molecule has 1 heterocycles. The Labute approximate surface area is 85.2 Å². The summed E-state index contributed by atoms with van der Waals surface area (Å²) in [6.07, 6.45) is 1.20. The maximum atomic E-state index is 11.4. The van der Waals surface area contributed by atoms with Gasteiger partial charge in [0.05, 0.1) is 17.1 Å². The van der Waals surface area contributed by atoms with Crippen LogP contribution < -0.4 is 5.43 Å². The van der Waals surface area contributed by atoms with Crippen molar-refractivity contribution >= 4 is 10.9 Å². The lowest BCUT2D eigenvalue weighted by Gasteiger charge is -2.07. The third-order valence-electron chi connectivity index (χ3n) is 2.25. The first-order valence-corrected chi connectivity index (χ1v) is 4.55. The van der Waals surface area contributed by atoms with Gasteiger partial charge in [0.2, 0.25) is 5.43 Å². The predicted molar refractivity (Wildman–Crippen MR) is 55.0 cm³/mol. The number of aryl methyl sites for hydroxylation is 1. The molecule has 0 atom stereocenters. The van der Waals surface area contributed by atoms with Gasteiger partial charge in [-0.05, 0) is 13.0 Å². The molecule has 0 aliphatic rings. The van der Waals surface area contributed by atoms with Crippen LogP contribution in [0.4, 0.5) is 0 Å². The Hall–Kier alpha value is -2.04. The maximum Gasteiger partial charge on any atom is 0.208 e. The summed E-state index contributed by atoms with van der Waals surface area (Å²) in [6, 6.07) is 2.59. The first kappa shape index (κ1) is 9.51. The van der Waals surface area contributed by atoms with E-state index in [-0.39, 0.29) is 16.9 Å². The molecule has 2 N–H and O–H groups in total. The molecule has 0 saturated heterocycles. The molecular formula is C10H10N2O3. The maximum absolute atomic E-state index is 11.4. The minimum atomic E-state index is -0.298. The molecule has 0 unspecified atom stereocenters. The topological polar surface area (TPSA) is 75.4 Å². The summed E-state index contributed by atoms with van der Waals surface area (Å²) in [5.74, 6) is -0.550. The zero-order valence-electron chi connectivity index (χ0n) is 8.14. The Balaban J connectivity index is 2.95. The van der Waals surface area contributed by atoms with Gasteiger partial charge in [0.25, 0.3) is 0 Å². The summed E-state index contributed by atoms with van der Waals surface area (Å²) in [4.78, 5) is 11.4. The lowest BCUT2D eigenvalue weighted by Crippen LogP contribution is -2.11. The van der Waals surface area contributed by atoms with Crippen LogP contribution in [0.3, 0.4) is 0 Å². The zero-order valence-corrected chi connectivity index (χ0v) is 8.14. The van der Waals surface area contributed by atoms with E-state index in [2.05, 4.69) is 5.10 Å². The number of phenolic OH excluding ortho intramolecular Hbond substituents is 2. The van der Waals surface area contributed by atoms with Crippen LogP contribution in [0.5, 0.6) is 11.5 Å². The highest BCUT2D eigenvalue weighted by Crippen LogP contribution is 2.27. The first-order valence-electron chi connectivity index (χ1n) is 4.55. The van der Waals surface area contributed by atoms with Gasteiger partial charge >= 0.3 is 0 Å². The molecule has 0 amide bonds. The van der Waals surface area contributed by atoms with Gasteiger partial charge in [0.1, 0.15) is 0 Å². The van der Waals surface area contributed by atoms with Crippen molar-refractivity contribution in [2.45, 2.75) is 13.5 Å². The SMILES string of the molecule is CCn1ncc(=O)c2cc(O)c(O)cc21. The van der Waals surface area contributed by atoms with Gasteiger partial charge in [-0.1, -0.05) is 0 Å². The molecule has 2 aromatic rings. The average Bonchev–Trinajstić information content (AvgIpc) is 2.22. The molecule has 1 aromatic carbocycles. The second kappa shape index (κ2) is 3.27. The van der Waals surface area contributed by atoms with E-state index in [9.17, 15) is 15.0 Å². The molecule has 78 valence electrons. The summed E-state index contributed by atoms with van der Waals surface area (Å²) in [5.41, 5.74) is 0.241. The molecule has 0 fully saturated rings. The van der Waals surface area contributed by atoms with Crippen LogP contribution in [-0.4, -0.2) is 20.0 Å². The number of fused-ring (bicyclic) bond motifs is 1. The summed E-state index contributed by atoms with van der Waals surface area (Å²) < 4.78 is 1.58.